The van der Waals surface area contributed by atoms with Crippen molar-refractivity contribution < 1.29 is 43.9 Å². The van der Waals surface area contributed by atoms with Crippen LogP contribution in [0.15, 0.2) is 116 Å². The fourth-order valence-electron chi connectivity index (χ4n) is 5.73. The van der Waals surface area contributed by atoms with Crippen molar-refractivity contribution in [2.24, 2.45) is 5.41 Å². The standard InChI is InChI=1S/C39H50O9P/c1-4-37(43)47-24-16-23-45-29-39(6-3,36(42)25-31(40)27-48-38(44)5-2)30-46-26-32(41)28-49(33-17-10-7-11-18-33,34-19-12-8-13-20-34)35-21-14-9-15-22-35/h4-5,7-15,17-22,31-32,36,40-42H,1-2,6,16,23-30H2,3H3/q+1. The van der Waals surface area contributed by atoms with Crippen LogP contribution in [0.4, 0.5) is 0 Å². The Morgan fingerprint density at radius 1 is 0.714 bits per heavy atom. The first-order valence-electron chi connectivity index (χ1n) is 16.5. The molecule has 0 radical (unpaired) electrons. The first-order valence-corrected chi connectivity index (χ1v) is 18.5. The molecule has 3 aromatic rings. The van der Waals surface area contributed by atoms with Crippen LogP contribution in [-0.2, 0) is 28.5 Å². The largest absolute Gasteiger partial charge is 0.462 e. The Morgan fingerprint density at radius 2 is 1.20 bits per heavy atom. The van der Waals surface area contributed by atoms with Crippen LogP contribution in [0.1, 0.15) is 26.2 Å². The molecule has 4 atom stereocenters. The summed E-state index contributed by atoms with van der Waals surface area (Å²) in [4.78, 5) is 22.9. The predicted molar refractivity (Wildman–Crippen MR) is 194 cm³/mol. The molecule has 9 nitrogen and oxygen atoms in total. The maximum Gasteiger partial charge on any atom is 0.330 e. The summed E-state index contributed by atoms with van der Waals surface area (Å²) in [6.07, 6.45) is 0.178. The average Bonchev–Trinajstić information content (AvgIpc) is 3.14. The van der Waals surface area contributed by atoms with E-state index in [1.165, 1.54) is 0 Å². The third kappa shape index (κ3) is 11.7. The molecule has 264 valence electrons. The number of aliphatic hydroxyl groups excluding tert-OH is 3. The van der Waals surface area contributed by atoms with E-state index in [4.69, 9.17) is 18.9 Å². The number of ether oxygens (including phenoxy) is 4. The molecule has 0 bridgehead atoms. The molecule has 0 aliphatic rings. The van der Waals surface area contributed by atoms with Gasteiger partial charge in [0.05, 0.1) is 38.6 Å². The van der Waals surface area contributed by atoms with E-state index in [9.17, 15) is 24.9 Å². The Kier molecular flexibility index (Phi) is 16.8. The predicted octanol–water partition coefficient (Wildman–Crippen LogP) is 3.73. The second-order valence-corrected chi connectivity index (χ2v) is 15.4. The van der Waals surface area contributed by atoms with Crippen LogP contribution >= 0.6 is 7.26 Å². The third-order valence-electron chi connectivity index (χ3n) is 8.50. The lowest BCUT2D eigenvalue weighted by molar-refractivity contribution is -0.144. The van der Waals surface area contributed by atoms with Gasteiger partial charge in [0, 0.05) is 37.0 Å². The van der Waals surface area contributed by atoms with Gasteiger partial charge in [0.15, 0.2) is 0 Å². The fraction of sp³-hybridized carbons (Fsp3) is 0.385. The highest BCUT2D eigenvalue weighted by molar-refractivity contribution is 7.95. The van der Waals surface area contributed by atoms with Crippen LogP contribution in [0.25, 0.3) is 0 Å². The summed E-state index contributed by atoms with van der Waals surface area (Å²) in [7, 11) is -2.32. The monoisotopic (exact) mass is 693 g/mol. The van der Waals surface area contributed by atoms with Crippen LogP contribution in [0.3, 0.4) is 0 Å². The van der Waals surface area contributed by atoms with Crippen molar-refractivity contribution in [2.45, 2.75) is 44.5 Å². The number of benzene rings is 3. The zero-order chi connectivity index (χ0) is 35.5. The number of rotatable bonds is 23. The zero-order valence-electron chi connectivity index (χ0n) is 28.3. The number of hydrogen-bond acceptors (Lipinski definition) is 9. The first-order chi connectivity index (χ1) is 23.7. The van der Waals surface area contributed by atoms with Gasteiger partial charge in [-0.1, -0.05) is 74.7 Å². The minimum Gasteiger partial charge on any atom is -0.462 e. The number of esters is 2. The Bertz CT molecular complexity index is 1320. The SMILES string of the molecule is C=CC(=O)OCCCOCC(CC)(COCC(O)C[P+](c1ccccc1)(c1ccccc1)c1ccccc1)C(O)CC(O)COC(=O)C=C. The van der Waals surface area contributed by atoms with E-state index < -0.39 is 42.9 Å². The minimum absolute atomic E-state index is 0.000271. The molecule has 0 amide bonds. The summed E-state index contributed by atoms with van der Waals surface area (Å²) in [6, 6.07) is 30.8. The molecule has 0 heterocycles. The van der Waals surface area contributed by atoms with Crippen molar-refractivity contribution in [1.29, 1.82) is 0 Å². The Hall–Kier alpha value is -3.69. The molecule has 0 aromatic heterocycles. The van der Waals surface area contributed by atoms with E-state index in [1.54, 1.807) is 0 Å². The van der Waals surface area contributed by atoms with Crippen molar-refractivity contribution in [2.75, 3.05) is 45.8 Å². The molecule has 3 rings (SSSR count). The smallest absolute Gasteiger partial charge is 0.330 e. The van der Waals surface area contributed by atoms with Gasteiger partial charge in [-0.15, -0.1) is 0 Å². The molecular formula is C39H50O9P+. The Morgan fingerprint density at radius 3 is 1.69 bits per heavy atom. The van der Waals surface area contributed by atoms with Gasteiger partial charge >= 0.3 is 11.9 Å². The van der Waals surface area contributed by atoms with Gasteiger partial charge < -0.3 is 34.3 Å². The van der Waals surface area contributed by atoms with E-state index in [2.05, 4.69) is 49.6 Å². The lowest BCUT2D eigenvalue weighted by atomic mass is 9.78. The summed E-state index contributed by atoms with van der Waals surface area (Å²) in [5, 5.41) is 37.1. The highest BCUT2D eigenvalue weighted by atomic mass is 31.2. The van der Waals surface area contributed by atoms with Crippen LogP contribution < -0.4 is 15.9 Å². The van der Waals surface area contributed by atoms with Crippen molar-refractivity contribution in [3.05, 3.63) is 116 Å². The molecule has 49 heavy (non-hydrogen) atoms. The van der Waals surface area contributed by atoms with Crippen LogP contribution in [-0.4, -0.2) is 91.4 Å². The second kappa shape index (κ2) is 20.7. The summed E-state index contributed by atoms with van der Waals surface area (Å²) in [5.41, 5.74) is -0.967. The molecule has 0 saturated heterocycles. The maximum atomic E-state index is 11.7. The van der Waals surface area contributed by atoms with Crippen LogP contribution in [0.5, 0.6) is 0 Å². The lowest BCUT2D eigenvalue weighted by Crippen LogP contribution is -2.46. The highest BCUT2D eigenvalue weighted by Crippen LogP contribution is 2.55. The molecule has 0 fully saturated rings. The first kappa shape index (κ1) is 39.7. The van der Waals surface area contributed by atoms with Crippen molar-refractivity contribution in [1.82, 2.24) is 0 Å². The summed E-state index contributed by atoms with van der Waals surface area (Å²) in [5.74, 6) is -1.19. The van der Waals surface area contributed by atoms with Crippen molar-refractivity contribution in [3.63, 3.8) is 0 Å². The van der Waals surface area contributed by atoms with Gasteiger partial charge in [0.2, 0.25) is 0 Å². The molecule has 10 heteroatoms. The molecule has 0 aliphatic carbocycles. The normalized spacial score (nSPS) is 14.5. The molecule has 0 aliphatic heterocycles. The van der Waals surface area contributed by atoms with E-state index >= 15 is 0 Å². The van der Waals surface area contributed by atoms with Gasteiger partial charge in [-0.3, -0.25) is 0 Å². The zero-order valence-corrected chi connectivity index (χ0v) is 29.2. The van der Waals surface area contributed by atoms with Crippen molar-refractivity contribution in [3.8, 4) is 0 Å². The summed E-state index contributed by atoms with van der Waals surface area (Å²) >= 11 is 0. The van der Waals surface area contributed by atoms with Crippen molar-refractivity contribution >= 4 is 35.1 Å². The average molecular weight is 694 g/mol. The van der Waals surface area contributed by atoms with E-state index in [1.807, 2.05) is 61.5 Å². The lowest BCUT2D eigenvalue weighted by Gasteiger charge is -2.38. The Balaban J connectivity index is 1.79. The third-order valence-corrected chi connectivity index (χ3v) is 13.0. The summed E-state index contributed by atoms with van der Waals surface area (Å²) < 4.78 is 22.1. The van der Waals surface area contributed by atoms with Gasteiger partial charge in [-0.25, -0.2) is 9.59 Å². The minimum atomic E-state index is -2.32. The van der Waals surface area contributed by atoms with Gasteiger partial charge in [0.1, 0.15) is 42.0 Å². The van der Waals surface area contributed by atoms with Crippen LogP contribution in [0, 0.1) is 5.41 Å². The fourth-order valence-corrected chi connectivity index (χ4v) is 10.0. The molecule has 3 N–H and O–H groups in total. The molecule has 0 saturated carbocycles. The quantitative estimate of drug-likeness (QED) is 0.0589. The van der Waals surface area contributed by atoms with E-state index in [-0.39, 0.29) is 46.1 Å². The second-order valence-electron chi connectivity index (χ2n) is 11.9. The van der Waals surface area contributed by atoms with Gasteiger partial charge in [-0.05, 0) is 42.8 Å². The Labute approximate surface area is 290 Å². The number of carbonyl (C=O) groups excluding carboxylic acids is 2. The topological polar surface area (TPSA) is 132 Å². The molecule has 3 aromatic carbocycles. The molecular weight excluding hydrogens is 643 g/mol. The van der Waals surface area contributed by atoms with Crippen LogP contribution in [0.2, 0.25) is 0 Å². The maximum absolute atomic E-state index is 11.7. The molecule has 4 unspecified atom stereocenters. The number of hydrogen-bond donors (Lipinski definition) is 3. The van der Waals surface area contributed by atoms with Gasteiger partial charge in [0.25, 0.3) is 0 Å². The summed E-state index contributed by atoms with van der Waals surface area (Å²) in [6.45, 7) is 8.82. The number of carbonyl (C=O) groups is 2. The molecule has 0 spiro atoms. The van der Waals surface area contributed by atoms with E-state index in [0.29, 0.717) is 19.0 Å². The number of aliphatic hydroxyl groups is 3. The van der Waals surface area contributed by atoms with E-state index in [0.717, 1.165) is 28.1 Å². The highest BCUT2D eigenvalue weighted by Gasteiger charge is 2.47. The van der Waals surface area contributed by atoms with Gasteiger partial charge in [-0.2, -0.15) is 0 Å².